The van der Waals surface area contributed by atoms with Crippen molar-refractivity contribution >= 4 is 20.7 Å². The van der Waals surface area contributed by atoms with E-state index in [1.807, 2.05) is 6.07 Å². The number of benzene rings is 1. The maximum absolute atomic E-state index is 12.5. The van der Waals surface area contributed by atoms with Crippen molar-refractivity contribution in [2.45, 2.75) is 8.75 Å². The molecule has 0 N–H and O–H groups in total. The van der Waals surface area contributed by atoms with Gasteiger partial charge in [0.15, 0.2) is 0 Å². The molecular weight excluding hydrogens is 297 g/mol. The number of hydrogen-bond acceptors (Lipinski definition) is 3. The average Bonchev–Trinajstić information content (AvgIpc) is 3.11. The Bertz CT molecular complexity index is 596. The second kappa shape index (κ2) is 3.64. The van der Waals surface area contributed by atoms with Crippen LogP contribution in [-0.4, -0.2) is 30.1 Å². The number of ketones is 1. The molecule has 0 saturated carbocycles. The summed E-state index contributed by atoms with van der Waals surface area (Å²) in [5.41, 5.74) is 0.544. The van der Waals surface area contributed by atoms with Crippen LogP contribution in [0.25, 0.3) is 0 Å². The summed E-state index contributed by atoms with van der Waals surface area (Å²) >= 11 is -0.361. The molecule has 1 aromatic rings. The molecule has 0 bridgehead atoms. The van der Waals surface area contributed by atoms with Crippen LogP contribution in [-0.2, 0) is 0 Å². The van der Waals surface area contributed by atoms with Crippen LogP contribution in [0, 0.1) is 10.1 Å². The van der Waals surface area contributed by atoms with Crippen LogP contribution >= 0.6 is 0 Å². The van der Waals surface area contributed by atoms with E-state index in [2.05, 4.69) is 0 Å². The number of allylic oxidation sites excluding steroid dienone is 2. The van der Waals surface area contributed by atoms with Gasteiger partial charge in [-0.25, -0.2) is 0 Å². The second-order valence-corrected chi connectivity index (χ2v) is 7.29. The Hall–Kier alpha value is -1.71. The van der Waals surface area contributed by atoms with Gasteiger partial charge in [0.05, 0.1) is 0 Å². The third kappa shape index (κ3) is 1.29. The molecule has 18 heavy (non-hydrogen) atoms. The molecule has 1 aromatic carbocycles. The van der Waals surface area contributed by atoms with Crippen molar-refractivity contribution in [2.24, 2.45) is 0 Å². The number of fused-ring (bicyclic) bond motifs is 1. The Morgan fingerprint density at radius 2 is 1.83 bits per heavy atom. The molecule has 0 aromatic heterocycles. The molecule has 3 rings (SSSR count). The van der Waals surface area contributed by atoms with Crippen molar-refractivity contribution in [2.75, 3.05) is 0 Å². The van der Waals surface area contributed by atoms with Crippen molar-refractivity contribution in [3.05, 3.63) is 70.3 Å². The van der Waals surface area contributed by atoms with E-state index in [9.17, 15) is 14.9 Å². The van der Waals surface area contributed by atoms with Gasteiger partial charge >= 0.3 is 110 Å². The van der Waals surface area contributed by atoms with Gasteiger partial charge in [-0.2, -0.15) is 0 Å². The van der Waals surface area contributed by atoms with Gasteiger partial charge < -0.3 is 0 Å². The van der Waals surface area contributed by atoms with Crippen molar-refractivity contribution in [1.29, 1.82) is 0 Å². The van der Waals surface area contributed by atoms with Gasteiger partial charge in [0.1, 0.15) is 0 Å². The van der Waals surface area contributed by atoms with Gasteiger partial charge in [0, 0.05) is 0 Å². The van der Waals surface area contributed by atoms with E-state index in [0.717, 1.165) is 0 Å². The zero-order valence-corrected chi connectivity index (χ0v) is 11.0. The number of rotatable bonds is 3. The molecule has 0 amide bonds. The van der Waals surface area contributed by atoms with Crippen LogP contribution in [0.5, 0.6) is 0 Å². The Labute approximate surface area is 110 Å². The summed E-state index contributed by atoms with van der Waals surface area (Å²) in [4.78, 5) is 23.4. The normalized spacial score (nSPS) is 31.8. The van der Waals surface area contributed by atoms with Gasteiger partial charge in [-0.15, -0.1) is 0 Å². The number of nitro groups is 1. The molecule has 2 atom stereocenters. The third-order valence-electron chi connectivity index (χ3n) is 3.22. The Balaban J connectivity index is 2.04. The summed E-state index contributed by atoms with van der Waals surface area (Å²) in [6.07, 6.45) is 6.66. The fourth-order valence-electron chi connectivity index (χ4n) is 2.23. The van der Waals surface area contributed by atoms with Gasteiger partial charge in [-0.3, -0.25) is 0 Å². The first-order chi connectivity index (χ1) is 8.62. The number of hydrogen-bond donors (Lipinski definition) is 0. The number of nitrogens with zero attached hydrogens (tertiary/aromatic N) is 1. The quantitative estimate of drug-likeness (QED) is 0.370. The maximum atomic E-state index is 12.5. The van der Waals surface area contributed by atoms with Gasteiger partial charge in [-0.1, -0.05) is 0 Å². The zero-order valence-electron chi connectivity index (χ0n) is 9.28. The summed E-state index contributed by atoms with van der Waals surface area (Å²) in [5.74, 6) is -0.139. The molecule has 0 radical (unpaired) electrons. The molecule has 2 aliphatic rings. The van der Waals surface area contributed by atoms with Crippen molar-refractivity contribution in [3.63, 3.8) is 0 Å². The molecule has 1 heterocycles. The van der Waals surface area contributed by atoms with Crippen LogP contribution in [0.4, 0.5) is 0 Å². The molecule has 4 nitrogen and oxygen atoms in total. The van der Waals surface area contributed by atoms with E-state index in [1.54, 1.807) is 48.6 Å². The summed E-state index contributed by atoms with van der Waals surface area (Å²) in [7, 11) is 0. The fraction of sp³-hybridized carbons (Fsp3) is 0.154. The first kappa shape index (κ1) is 11.4. The predicted molar refractivity (Wildman–Crippen MR) is 67.2 cm³/mol. The summed E-state index contributed by atoms with van der Waals surface area (Å²) in [5, 5.41) is 11.2. The first-order valence-electron chi connectivity index (χ1n) is 5.44. The third-order valence-corrected chi connectivity index (χ3v) is 6.72. The van der Waals surface area contributed by atoms with Crippen molar-refractivity contribution < 1.29 is 9.72 Å². The molecule has 1 aliphatic carbocycles. The Morgan fingerprint density at radius 3 is 2.50 bits per heavy atom. The minimum absolute atomic E-state index is 0.139. The molecule has 5 heteroatoms. The topological polar surface area (TPSA) is 60.2 Å². The zero-order chi connectivity index (χ0) is 12.8. The minimum atomic E-state index is -1.17. The van der Waals surface area contributed by atoms with E-state index in [-0.39, 0.29) is 25.7 Å². The molecule has 2 unspecified atom stereocenters. The van der Waals surface area contributed by atoms with Gasteiger partial charge in [0.25, 0.3) is 0 Å². The Kier molecular flexibility index (Phi) is 2.30. The van der Waals surface area contributed by atoms with E-state index in [0.29, 0.717) is 5.56 Å². The van der Waals surface area contributed by atoms with Crippen molar-refractivity contribution in [1.82, 2.24) is 0 Å². The summed E-state index contributed by atoms with van der Waals surface area (Å²) in [6, 6.07) is 8.79. The molecule has 1 fully saturated rings. The van der Waals surface area contributed by atoms with Gasteiger partial charge in [-0.05, 0) is 0 Å². The SMILES string of the molecule is O=C(c1ccccc1)C12C=CC=CC1([N+](=O)[O-])[Se]2. The van der Waals surface area contributed by atoms with E-state index < -0.39 is 8.75 Å². The second-order valence-electron chi connectivity index (χ2n) is 4.20. The first-order valence-corrected chi connectivity index (χ1v) is 7.15. The van der Waals surface area contributed by atoms with Crippen LogP contribution in [0.15, 0.2) is 54.6 Å². The van der Waals surface area contributed by atoms with Crippen molar-refractivity contribution in [3.8, 4) is 0 Å². The van der Waals surface area contributed by atoms with Crippen LogP contribution in [0.3, 0.4) is 0 Å². The number of Topliss-reactive ketones (excluding diaryl/α,β-unsaturated/α-hetero) is 1. The van der Waals surface area contributed by atoms with Crippen LogP contribution < -0.4 is 0 Å². The van der Waals surface area contributed by atoms with E-state index in [1.165, 1.54) is 0 Å². The van der Waals surface area contributed by atoms with E-state index in [4.69, 9.17) is 0 Å². The fourth-order valence-corrected chi connectivity index (χ4v) is 5.00. The molecule has 1 aliphatic heterocycles. The summed E-state index contributed by atoms with van der Waals surface area (Å²) < 4.78 is -2.08. The van der Waals surface area contributed by atoms with Crippen LogP contribution in [0.1, 0.15) is 10.4 Å². The molecule has 90 valence electrons. The summed E-state index contributed by atoms with van der Waals surface area (Å²) in [6.45, 7) is 0. The number of carbonyl (C=O) groups is 1. The molecule has 0 spiro atoms. The molecular formula is C13H9NO3Se. The molecule has 1 saturated heterocycles. The van der Waals surface area contributed by atoms with E-state index >= 15 is 0 Å². The van der Waals surface area contributed by atoms with Gasteiger partial charge in [0.2, 0.25) is 0 Å². The Morgan fingerprint density at radius 1 is 1.17 bits per heavy atom. The average molecular weight is 306 g/mol. The monoisotopic (exact) mass is 307 g/mol. The van der Waals surface area contributed by atoms with Crippen LogP contribution in [0.2, 0.25) is 4.31 Å². The predicted octanol–water partition coefficient (Wildman–Crippen LogP) is 1.84. The number of carbonyl (C=O) groups excluding carboxylic acids is 1. The standard InChI is InChI=1S/C13H9NO3Se/c15-11(10-6-2-1-3-7-10)12-8-4-5-9-13(12,18-12)14(16)17/h1-9H.